The number of anilines is 1. The van der Waals surface area contributed by atoms with E-state index in [1.807, 2.05) is 47.5 Å². The van der Waals surface area contributed by atoms with Crippen LogP contribution in [0.4, 0.5) is 5.82 Å². The Bertz CT molecular complexity index is 1050. The summed E-state index contributed by atoms with van der Waals surface area (Å²) in [6, 6.07) is 7.57. The van der Waals surface area contributed by atoms with Gasteiger partial charge in [-0.1, -0.05) is 0 Å². The Labute approximate surface area is 160 Å². The summed E-state index contributed by atoms with van der Waals surface area (Å²) < 4.78 is 12.9. The Balaban J connectivity index is 1.83. The topological polar surface area (TPSA) is 74.1 Å². The van der Waals surface area contributed by atoms with Crippen molar-refractivity contribution in [2.24, 2.45) is 7.05 Å². The first kappa shape index (κ1) is 17.3. The second-order valence-corrected chi connectivity index (χ2v) is 6.88. The average Bonchev–Trinajstić information content (AvgIpc) is 3.34. The van der Waals surface area contributed by atoms with Gasteiger partial charge in [0.25, 0.3) is 0 Å². The molecular weight excluding hydrogens is 362 g/mol. The molecule has 27 heavy (non-hydrogen) atoms. The highest BCUT2D eigenvalue weighted by Crippen LogP contribution is 2.33. The van der Waals surface area contributed by atoms with Crippen LogP contribution < -0.4 is 14.8 Å². The minimum atomic E-state index is -0.244. The molecule has 0 bridgehead atoms. The van der Waals surface area contributed by atoms with Gasteiger partial charge in [-0.15, -0.1) is 11.3 Å². The van der Waals surface area contributed by atoms with Crippen molar-refractivity contribution in [2.45, 2.75) is 6.04 Å². The molecule has 1 unspecified atom stereocenters. The number of rotatable bonds is 6. The average molecular weight is 381 g/mol. The molecule has 0 spiro atoms. The van der Waals surface area contributed by atoms with Gasteiger partial charge in [0.05, 0.1) is 19.6 Å². The minimum absolute atomic E-state index is 0.244. The maximum absolute atomic E-state index is 5.44. The van der Waals surface area contributed by atoms with Crippen LogP contribution in [0.5, 0.6) is 11.5 Å². The van der Waals surface area contributed by atoms with E-state index in [1.54, 1.807) is 38.1 Å². The number of hydrogen-bond acceptors (Lipinski definition) is 7. The van der Waals surface area contributed by atoms with E-state index in [0.717, 1.165) is 27.4 Å². The summed E-state index contributed by atoms with van der Waals surface area (Å²) in [5, 5.41) is 6.52. The van der Waals surface area contributed by atoms with Gasteiger partial charge in [0.1, 0.15) is 40.3 Å². The summed E-state index contributed by atoms with van der Waals surface area (Å²) >= 11 is 1.59. The molecule has 0 radical (unpaired) electrons. The van der Waals surface area contributed by atoms with Crippen LogP contribution in [0, 0.1) is 0 Å². The molecule has 3 heterocycles. The molecule has 0 aliphatic heterocycles. The third-order valence-corrected chi connectivity index (χ3v) is 5.19. The molecule has 8 heteroatoms. The summed E-state index contributed by atoms with van der Waals surface area (Å²) in [5.74, 6) is 3.05. The SMILES string of the molecule is COc1cc(OC)cc(C(Nc2ncnc3sccc23)c2nccn2C)c1. The molecule has 1 aromatic carbocycles. The number of benzene rings is 1. The second kappa shape index (κ2) is 7.24. The summed E-state index contributed by atoms with van der Waals surface area (Å²) in [4.78, 5) is 14.3. The maximum atomic E-state index is 5.44. The lowest BCUT2D eigenvalue weighted by Gasteiger charge is -2.21. The number of aromatic nitrogens is 4. The molecule has 0 saturated heterocycles. The molecule has 0 amide bonds. The Morgan fingerprint density at radius 3 is 2.52 bits per heavy atom. The van der Waals surface area contributed by atoms with Gasteiger partial charge in [-0.25, -0.2) is 15.0 Å². The zero-order valence-corrected chi connectivity index (χ0v) is 16.0. The lowest BCUT2D eigenvalue weighted by Crippen LogP contribution is -2.18. The molecular formula is C19H19N5O2S. The molecule has 3 aromatic heterocycles. The van der Waals surface area contributed by atoms with Crippen LogP contribution in [-0.2, 0) is 7.05 Å². The van der Waals surface area contributed by atoms with Crippen molar-refractivity contribution in [3.63, 3.8) is 0 Å². The van der Waals surface area contributed by atoms with Crippen molar-refractivity contribution in [1.82, 2.24) is 19.5 Å². The van der Waals surface area contributed by atoms with E-state index in [0.29, 0.717) is 11.5 Å². The predicted molar refractivity (Wildman–Crippen MR) is 106 cm³/mol. The lowest BCUT2D eigenvalue weighted by molar-refractivity contribution is 0.393. The number of aryl methyl sites for hydroxylation is 1. The van der Waals surface area contributed by atoms with Gasteiger partial charge >= 0.3 is 0 Å². The monoisotopic (exact) mass is 381 g/mol. The van der Waals surface area contributed by atoms with Crippen molar-refractivity contribution < 1.29 is 9.47 Å². The highest BCUT2D eigenvalue weighted by molar-refractivity contribution is 7.16. The summed E-state index contributed by atoms with van der Waals surface area (Å²) in [6.07, 6.45) is 5.27. The molecule has 0 saturated carbocycles. The first-order valence-corrected chi connectivity index (χ1v) is 9.22. The van der Waals surface area contributed by atoms with E-state index in [2.05, 4.69) is 20.3 Å². The normalized spacial score (nSPS) is 12.1. The smallest absolute Gasteiger partial charge is 0.139 e. The molecule has 0 fully saturated rings. The van der Waals surface area contributed by atoms with Crippen LogP contribution in [0.15, 0.2) is 48.4 Å². The molecule has 1 N–H and O–H groups in total. The first-order chi connectivity index (χ1) is 13.2. The number of ether oxygens (including phenoxy) is 2. The molecule has 4 aromatic rings. The van der Waals surface area contributed by atoms with Crippen LogP contribution in [0.3, 0.4) is 0 Å². The Morgan fingerprint density at radius 2 is 1.85 bits per heavy atom. The van der Waals surface area contributed by atoms with Gasteiger partial charge in [-0.3, -0.25) is 0 Å². The van der Waals surface area contributed by atoms with E-state index in [9.17, 15) is 0 Å². The van der Waals surface area contributed by atoms with Crippen LogP contribution >= 0.6 is 11.3 Å². The van der Waals surface area contributed by atoms with E-state index < -0.39 is 0 Å². The zero-order valence-electron chi connectivity index (χ0n) is 15.2. The molecule has 0 aliphatic carbocycles. The van der Waals surface area contributed by atoms with Crippen molar-refractivity contribution in [3.8, 4) is 11.5 Å². The summed E-state index contributed by atoms with van der Waals surface area (Å²) in [6.45, 7) is 0. The standard InChI is InChI=1S/C19H19N5O2S/c1-24-6-5-20-18(24)16(12-8-13(25-2)10-14(9-12)26-3)23-17-15-4-7-27-19(15)22-11-21-17/h4-11,16H,1-3H3,(H,21,22,23). The van der Waals surface area contributed by atoms with Gasteiger partial charge in [0.15, 0.2) is 0 Å². The van der Waals surface area contributed by atoms with Crippen molar-refractivity contribution in [2.75, 3.05) is 19.5 Å². The number of thiophene rings is 1. The number of hydrogen-bond donors (Lipinski definition) is 1. The van der Waals surface area contributed by atoms with Gasteiger partial charge in [0.2, 0.25) is 0 Å². The Kier molecular flexibility index (Phi) is 4.64. The Hall–Kier alpha value is -3.13. The van der Waals surface area contributed by atoms with Crippen LogP contribution in [0.25, 0.3) is 10.2 Å². The van der Waals surface area contributed by atoms with E-state index in [1.165, 1.54) is 0 Å². The van der Waals surface area contributed by atoms with Crippen LogP contribution in [0.2, 0.25) is 0 Å². The quantitative estimate of drug-likeness (QED) is 0.550. The number of nitrogens with zero attached hydrogens (tertiary/aromatic N) is 4. The van der Waals surface area contributed by atoms with Crippen LogP contribution in [-0.4, -0.2) is 33.7 Å². The minimum Gasteiger partial charge on any atom is -0.497 e. The maximum Gasteiger partial charge on any atom is 0.139 e. The van der Waals surface area contributed by atoms with Crippen molar-refractivity contribution in [1.29, 1.82) is 0 Å². The van der Waals surface area contributed by atoms with Gasteiger partial charge in [0, 0.05) is 25.5 Å². The lowest BCUT2D eigenvalue weighted by atomic mass is 10.0. The fourth-order valence-corrected chi connectivity index (χ4v) is 3.72. The zero-order chi connectivity index (χ0) is 18.8. The second-order valence-electron chi connectivity index (χ2n) is 5.98. The van der Waals surface area contributed by atoms with E-state index in [-0.39, 0.29) is 6.04 Å². The molecule has 138 valence electrons. The third kappa shape index (κ3) is 3.31. The number of fused-ring (bicyclic) bond motifs is 1. The molecule has 0 aliphatic rings. The highest BCUT2D eigenvalue weighted by atomic mass is 32.1. The first-order valence-electron chi connectivity index (χ1n) is 8.34. The molecule has 7 nitrogen and oxygen atoms in total. The molecule has 4 rings (SSSR count). The number of imidazole rings is 1. The van der Waals surface area contributed by atoms with Gasteiger partial charge in [-0.05, 0) is 29.1 Å². The van der Waals surface area contributed by atoms with Gasteiger partial charge in [-0.2, -0.15) is 0 Å². The number of methoxy groups -OCH3 is 2. The third-order valence-electron chi connectivity index (χ3n) is 4.37. The predicted octanol–water partition coefficient (Wildman–Crippen LogP) is 3.64. The number of nitrogens with one attached hydrogen (secondary N) is 1. The largest absolute Gasteiger partial charge is 0.497 e. The van der Waals surface area contributed by atoms with Crippen molar-refractivity contribution >= 4 is 27.4 Å². The van der Waals surface area contributed by atoms with E-state index in [4.69, 9.17) is 9.47 Å². The summed E-state index contributed by atoms with van der Waals surface area (Å²) in [5.41, 5.74) is 0.961. The van der Waals surface area contributed by atoms with Crippen LogP contribution in [0.1, 0.15) is 17.4 Å². The van der Waals surface area contributed by atoms with Crippen molar-refractivity contribution in [3.05, 3.63) is 59.8 Å². The van der Waals surface area contributed by atoms with E-state index >= 15 is 0 Å². The fraction of sp³-hybridized carbons (Fsp3) is 0.211. The Morgan fingerprint density at radius 1 is 1.07 bits per heavy atom. The fourth-order valence-electron chi connectivity index (χ4n) is 2.99. The highest BCUT2D eigenvalue weighted by Gasteiger charge is 2.22. The summed E-state index contributed by atoms with van der Waals surface area (Å²) in [7, 11) is 5.25. The molecule has 1 atom stereocenters. The van der Waals surface area contributed by atoms with Gasteiger partial charge < -0.3 is 19.4 Å².